The zero-order valence-electron chi connectivity index (χ0n) is 16.1. The zero-order chi connectivity index (χ0) is 18.7. The molecule has 2 heterocycles. The summed E-state index contributed by atoms with van der Waals surface area (Å²) in [5, 5.41) is 0. The lowest BCUT2D eigenvalue weighted by atomic mass is 9.53. The van der Waals surface area contributed by atoms with Gasteiger partial charge in [-0.3, -0.25) is 4.79 Å². The van der Waals surface area contributed by atoms with Crippen LogP contribution < -0.4 is 9.47 Å². The fraction of sp³-hybridized carbons (Fsp3) is 0.480. The Morgan fingerprint density at radius 3 is 1.75 bits per heavy atom. The predicted octanol–water partition coefficient (Wildman–Crippen LogP) is 4.76. The summed E-state index contributed by atoms with van der Waals surface area (Å²) >= 11 is 0. The van der Waals surface area contributed by atoms with Gasteiger partial charge in [-0.1, -0.05) is 55.7 Å². The van der Waals surface area contributed by atoms with E-state index in [1.54, 1.807) is 0 Å². The Bertz CT molecular complexity index is 859. The zero-order valence-corrected chi connectivity index (χ0v) is 16.1. The van der Waals surface area contributed by atoms with Crippen molar-refractivity contribution in [3.8, 4) is 11.5 Å². The third-order valence-electron chi connectivity index (χ3n) is 7.71. The second-order valence-electron chi connectivity index (χ2n) is 9.11. The quantitative estimate of drug-likeness (QED) is 0.667. The van der Waals surface area contributed by atoms with Crippen LogP contribution in [0.5, 0.6) is 11.5 Å². The SMILES string of the molecule is O=C1[C@H]2Cc3ccccc3O[C@H]2C2(CCCCC2)[C@H]2Oc3ccccc3C[C@@H]12. The van der Waals surface area contributed by atoms with Gasteiger partial charge in [0.1, 0.15) is 29.5 Å². The Hall–Kier alpha value is -2.29. The Balaban J connectivity index is 1.48. The lowest BCUT2D eigenvalue weighted by Crippen LogP contribution is -2.66. The number of rotatable bonds is 0. The molecule has 0 radical (unpaired) electrons. The summed E-state index contributed by atoms with van der Waals surface area (Å²) in [6, 6.07) is 16.5. The molecule has 28 heavy (non-hydrogen) atoms. The molecule has 0 aromatic heterocycles. The van der Waals surface area contributed by atoms with Crippen LogP contribution in [0.15, 0.2) is 48.5 Å². The molecule has 2 fully saturated rings. The van der Waals surface area contributed by atoms with Gasteiger partial charge in [-0.05, 0) is 48.9 Å². The van der Waals surface area contributed by atoms with Crippen LogP contribution in [0.2, 0.25) is 0 Å². The maximum Gasteiger partial charge on any atom is 0.147 e. The molecule has 3 nitrogen and oxygen atoms in total. The Kier molecular flexibility index (Phi) is 3.63. The number of ether oxygens (including phenoxy) is 2. The highest BCUT2D eigenvalue weighted by Crippen LogP contribution is 2.57. The Morgan fingerprint density at radius 2 is 1.21 bits per heavy atom. The smallest absolute Gasteiger partial charge is 0.147 e. The summed E-state index contributed by atoms with van der Waals surface area (Å²) in [5.41, 5.74) is 2.31. The predicted molar refractivity (Wildman–Crippen MR) is 107 cm³/mol. The van der Waals surface area contributed by atoms with Crippen molar-refractivity contribution < 1.29 is 14.3 Å². The molecule has 0 bridgehead atoms. The van der Waals surface area contributed by atoms with E-state index in [0.717, 1.165) is 37.2 Å². The van der Waals surface area contributed by atoms with Crippen LogP contribution in [-0.4, -0.2) is 18.0 Å². The number of carbonyl (C=O) groups is 1. The first-order chi connectivity index (χ1) is 13.8. The van der Waals surface area contributed by atoms with Gasteiger partial charge in [-0.25, -0.2) is 0 Å². The van der Waals surface area contributed by atoms with Crippen LogP contribution in [0.4, 0.5) is 0 Å². The molecule has 144 valence electrons. The van der Waals surface area contributed by atoms with Crippen molar-refractivity contribution in [3.63, 3.8) is 0 Å². The van der Waals surface area contributed by atoms with Gasteiger partial charge in [0, 0.05) is 5.41 Å². The fourth-order valence-electron chi connectivity index (χ4n) is 6.45. The van der Waals surface area contributed by atoms with Crippen LogP contribution in [0.1, 0.15) is 43.2 Å². The van der Waals surface area contributed by atoms with Crippen LogP contribution in [0.25, 0.3) is 0 Å². The van der Waals surface area contributed by atoms with Gasteiger partial charge in [-0.2, -0.15) is 0 Å². The van der Waals surface area contributed by atoms with Gasteiger partial charge in [-0.15, -0.1) is 0 Å². The molecule has 0 N–H and O–H groups in total. The largest absolute Gasteiger partial charge is 0.489 e. The molecular weight excluding hydrogens is 348 g/mol. The number of benzene rings is 2. The highest BCUT2D eigenvalue weighted by atomic mass is 16.5. The summed E-state index contributed by atoms with van der Waals surface area (Å²) in [7, 11) is 0. The molecule has 3 heteroatoms. The maximum absolute atomic E-state index is 13.7. The lowest BCUT2D eigenvalue weighted by molar-refractivity contribution is -0.174. The summed E-state index contributed by atoms with van der Waals surface area (Å²) < 4.78 is 13.3. The molecule has 2 aromatic rings. The van der Waals surface area contributed by atoms with Crippen molar-refractivity contribution in [1.29, 1.82) is 0 Å². The first kappa shape index (κ1) is 16.6. The van der Waals surface area contributed by atoms with E-state index in [4.69, 9.17) is 9.47 Å². The third-order valence-corrected chi connectivity index (χ3v) is 7.71. The second-order valence-corrected chi connectivity index (χ2v) is 9.11. The van der Waals surface area contributed by atoms with Gasteiger partial charge in [0.2, 0.25) is 0 Å². The first-order valence-electron chi connectivity index (χ1n) is 10.8. The van der Waals surface area contributed by atoms with Gasteiger partial charge in [0.05, 0.1) is 11.8 Å². The Labute approximate surface area is 166 Å². The molecule has 0 amide bonds. The molecule has 0 saturated heterocycles. The number of fused-ring (bicyclic) bond motifs is 6. The minimum atomic E-state index is -0.0540. The highest BCUT2D eigenvalue weighted by molar-refractivity contribution is 5.87. The minimum absolute atomic E-state index is 0.0388. The van der Waals surface area contributed by atoms with Crippen molar-refractivity contribution in [2.24, 2.45) is 17.3 Å². The van der Waals surface area contributed by atoms with E-state index >= 15 is 0 Å². The number of para-hydroxylation sites is 2. The fourth-order valence-corrected chi connectivity index (χ4v) is 6.45. The van der Waals surface area contributed by atoms with E-state index in [0.29, 0.717) is 5.78 Å². The number of Topliss-reactive ketones (excluding diaryl/α,β-unsaturated/α-hetero) is 1. The van der Waals surface area contributed by atoms with Crippen molar-refractivity contribution in [2.75, 3.05) is 0 Å². The van der Waals surface area contributed by atoms with E-state index in [-0.39, 0.29) is 29.5 Å². The topological polar surface area (TPSA) is 35.5 Å². The molecule has 4 aliphatic rings. The van der Waals surface area contributed by atoms with Crippen molar-refractivity contribution in [1.82, 2.24) is 0 Å². The Morgan fingerprint density at radius 1 is 0.714 bits per heavy atom. The summed E-state index contributed by atoms with van der Waals surface area (Å²) in [6.45, 7) is 0. The van der Waals surface area contributed by atoms with Crippen LogP contribution >= 0.6 is 0 Å². The van der Waals surface area contributed by atoms with Gasteiger partial charge >= 0.3 is 0 Å². The molecule has 0 unspecified atom stereocenters. The maximum atomic E-state index is 13.7. The minimum Gasteiger partial charge on any atom is -0.489 e. The summed E-state index contributed by atoms with van der Waals surface area (Å²) in [4.78, 5) is 13.7. The van der Waals surface area contributed by atoms with E-state index < -0.39 is 0 Å². The van der Waals surface area contributed by atoms with Crippen molar-refractivity contribution in [2.45, 2.75) is 57.2 Å². The standard InChI is InChI=1S/C25H26O3/c26-22-18-14-16-8-2-4-10-20(16)27-23(18)25(12-6-1-7-13-25)24-19(22)15-17-9-3-5-11-21(17)28-24/h2-5,8-11,18-19,23-24H,1,6-7,12-15H2/t18-,19+,23-,24+. The second kappa shape index (κ2) is 6.10. The molecule has 2 aliphatic carbocycles. The van der Waals surface area contributed by atoms with Crippen molar-refractivity contribution in [3.05, 3.63) is 59.7 Å². The number of carbonyl (C=O) groups excluding carboxylic acids is 1. The average molecular weight is 374 g/mol. The van der Waals surface area contributed by atoms with E-state index in [9.17, 15) is 4.79 Å². The van der Waals surface area contributed by atoms with Crippen molar-refractivity contribution >= 4 is 5.78 Å². The molecular formula is C25H26O3. The molecule has 4 atom stereocenters. The van der Waals surface area contributed by atoms with E-state index in [1.165, 1.54) is 30.4 Å². The highest BCUT2D eigenvalue weighted by Gasteiger charge is 2.63. The number of hydrogen-bond donors (Lipinski definition) is 0. The monoisotopic (exact) mass is 374 g/mol. The average Bonchev–Trinajstić information content (AvgIpc) is 2.76. The molecule has 2 aliphatic heterocycles. The number of ketones is 1. The number of hydrogen-bond acceptors (Lipinski definition) is 3. The van der Waals surface area contributed by atoms with Gasteiger partial charge in [0.25, 0.3) is 0 Å². The van der Waals surface area contributed by atoms with Crippen LogP contribution in [-0.2, 0) is 17.6 Å². The molecule has 2 aromatic carbocycles. The molecule has 1 spiro atoms. The molecule has 2 saturated carbocycles. The van der Waals surface area contributed by atoms with Crippen LogP contribution in [0, 0.1) is 17.3 Å². The molecule has 6 rings (SSSR count). The van der Waals surface area contributed by atoms with Crippen LogP contribution in [0.3, 0.4) is 0 Å². The normalized spacial score (nSPS) is 32.2. The van der Waals surface area contributed by atoms with E-state index in [1.807, 2.05) is 12.1 Å². The van der Waals surface area contributed by atoms with E-state index in [2.05, 4.69) is 36.4 Å². The lowest BCUT2D eigenvalue weighted by Gasteiger charge is -2.58. The summed E-state index contributed by atoms with van der Waals surface area (Å²) in [5.74, 6) is 2.22. The third kappa shape index (κ3) is 2.25. The summed E-state index contributed by atoms with van der Waals surface area (Å²) in [6.07, 6.45) is 7.41. The van der Waals surface area contributed by atoms with Gasteiger partial charge in [0.15, 0.2) is 0 Å². The van der Waals surface area contributed by atoms with Gasteiger partial charge < -0.3 is 9.47 Å². The first-order valence-corrected chi connectivity index (χ1v) is 10.8.